The molecule has 0 spiro atoms. The number of benzene rings is 2. The second-order valence-corrected chi connectivity index (χ2v) is 6.95. The molecular formula is C20H23ClN2O2. The van der Waals surface area contributed by atoms with Crippen LogP contribution in [0.2, 0.25) is 5.02 Å². The molecule has 5 heteroatoms. The summed E-state index contributed by atoms with van der Waals surface area (Å²) in [5.41, 5.74) is 2.80. The van der Waals surface area contributed by atoms with Crippen LogP contribution in [-0.2, 0) is 11.4 Å². The van der Waals surface area contributed by atoms with E-state index < -0.39 is 0 Å². The molecule has 0 unspecified atom stereocenters. The molecule has 0 aromatic heterocycles. The molecule has 0 radical (unpaired) electrons. The zero-order valence-corrected chi connectivity index (χ0v) is 15.1. The van der Waals surface area contributed by atoms with Gasteiger partial charge in [-0.2, -0.15) is 0 Å². The predicted octanol–water partition coefficient (Wildman–Crippen LogP) is 4.17. The van der Waals surface area contributed by atoms with E-state index in [2.05, 4.69) is 10.6 Å². The molecule has 132 valence electrons. The smallest absolute Gasteiger partial charge is 0.238 e. The van der Waals surface area contributed by atoms with Crippen LogP contribution in [0.3, 0.4) is 0 Å². The minimum atomic E-state index is -0.0173. The van der Waals surface area contributed by atoms with Crippen LogP contribution in [0.4, 0.5) is 5.69 Å². The van der Waals surface area contributed by atoms with Crippen molar-refractivity contribution < 1.29 is 9.53 Å². The number of ether oxygens (including phenoxy) is 1. The van der Waals surface area contributed by atoms with Crippen molar-refractivity contribution in [3.8, 4) is 5.75 Å². The van der Waals surface area contributed by atoms with Gasteiger partial charge in [-0.25, -0.2) is 0 Å². The Balaban J connectivity index is 1.50. The summed E-state index contributed by atoms with van der Waals surface area (Å²) in [4.78, 5) is 12.0. The second-order valence-electron chi connectivity index (χ2n) is 6.52. The fourth-order valence-corrected chi connectivity index (χ4v) is 2.78. The lowest BCUT2D eigenvalue weighted by Crippen LogP contribution is -2.29. The summed E-state index contributed by atoms with van der Waals surface area (Å²) in [6.07, 6.45) is 2.56. The van der Waals surface area contributed by atoms with Gasteiger partial charge in [0.25, 0.3) is 0 Å². The Morgan fingerprint density at radius 2 is 2.08 bits per heavy atom. The van der Waals surface area contributed by atoms with E-state index in [4.69, 9.17) is 16.3 Å². The van der Waals surface area contributed by atoms with Crippen molar-refractivity contribution in [2.24, 2.45) is 5.92 Å². The molecule has 2 aromatic carbocycles. The lowest BCUT2D eigenvalue weighted by molar-refractivity contribution is -0.115. The van der Waals surface area contributed by atoms with E-state index in [-0.39, 0.29) is 5.91 Å². The van der Waals surface area contributed by atoms with Crippen molar-refractivity contribution in [3.05, 3.63) is 58.6 Å². The molecule has 1 aliphatic carbocycles. The summed E-state index contributed by atoms with van der Waals surface area (Å²) in [6.45, 7) is 3.70. The molecule has 25 heavy (non-hydrogen) atoms. The van der Waals surface area contributed by atoms with Crippen LogP contribution in [-0.4, -0.2) is 19.0 Å². The maximum Gasteiger partial charge on any atom is 0.238 e. The van der Waals surface area contributed by atoms with Gasteiger partial charge in [0.15, 0.2) is 0 Å². The molecule has 1 amide bonds. The first-order valence-electron chi connectivity index (χ1n) is 8.58. The molecule has 2 aromatic rings. The van der Waals surface area contributed by atoms with Gasteiger partial charge in [-0.15, -0.1) is 0 Å². The van der Waals surface area contributed by atoms with E-state index in [0.717, 1.165) is 35.0 Å². The average Bonchev–Trinajstić information content (AvgIpc) is 3.40. The largest absolute Gasteiger partial charge is 0.489 e. The van der Waals surface area contributed by atoms with Gasteiger partial charge in [-0.1, -0.05) is 23.7 Å². The van der Waals surface area contributed by atoms with Crippen molar-refractivity contribution in [2.45, 2.75) is 26.4 Å². The number of nitrogens with one attached hydrogen (secondary N) is 2. The number of halogens is 1. The van der Waals surface area contributed by atoms with Gasteiger partial charge in [0.05, 0.1) is 6.54 Å². The average molecular weight is 359 g/mol. The molecule has 0 bridgehead atoms. The van der Waals surface area contributed by atoms with E-state index in [1.165, 1.54) is 12.8 Å². The number of carbonyl (C=O) groups is 1. The zero-order chi connectivity index (χ0) is 17.6. The molecule has 0 aliphatic heterocycles. The topological polar surface area (TPSA) is 50.4 Å². The van der Waals surface area contributed by atoms with Gasteiger partial charge in [0.2, 0.25) is 5.91 Å². The normalized spacial score (nSPS) is 13.5. The van der Waals surface area contributed by atoms with Crippen LogP contribution in [0.15, 0.2) is 42.5 Å². The lowest BCUT2D eigenvalue weighted by Gasteiger charge is -2.12. The van der Waals surface area contributed by atoms with E-state index >= 15 is 0 Å². The van der Waals surface area contributed by atoms with Crippen LogP contribution in [0.1, 0.15) is 24.0 Å². The Labute approximate surface area is 153 Å². The highest BCUT2D eigenvalue weighted by Gasteiger charge is 2.20. The number of carbonyl (C=O) groups excluding carboxylic acids is 1. The summed E-state index contributed by atoms with van der Waals surface area (Å²) in [6, 6.07) is 13.3. The fraction of sp³-hybridized carbons (Fsp3) is 0.350. The number of rotatable bonds is 8. The molecule has 0 heterocycles. The monoisotopic (exact) mass is 358 g/mol. The first-order valence-corrected chi connectivity index (χ1v) is 8.96. The molecule has 1 fully saturated rings. The standard InChI is InChI=1S/C20H23ClN2O2/c1-14-9-18(25-13-16-3-2-4-17(21)10-16)7-8-19(14)23-20(24)12-22-11-15-5-6-15/h2-4,7-10,15,22H,5-6,11-13H2,1H3,(H,23,24). The Morgan fingerprint density at radius 3 is 2.80 bits per heavy atom. The lowest BCUT2D eigenvalue weighted by atomic mass is 10.2. The van der Waals surface area contributed by atoms with Crippen molar-refractivity contribution in [1.82, 2.24) is 5.32 Å². The van der Waals surface area contributed by atoms with Crippen molar-refractivity contribution in [2.75, 3.05) is 18.4 Å². The molecule has 2 N–H and O–H groups in total. The number of hydrogen-bond donors (Lipinski definition) is 2. The number of aryl methyl sites for hydroxylation is 1. The minimum Gasteiger partial charge on any atom is -0.489 e. The molecular weight excluding hydrogens is 336 g/mol. The maximum atomic E-state index is 12.0. The van der Waals surface area contributed by atoms with Crippen LogP contribution in [0, 0.1) is 12.8 Å². The minimum absolute atomic E-state index is 0.0173. The molecule has 1 saturated carbocycles. The van der Waals surface area contributed by atoms with E-state index in [1.54, 1.807) is 0 Å². The van der Waals surface area contributed by atoms with E-state index in [1.807, 2.05) is 49.4 Å². The Morgan fingerprint density at radius 1 is 1.24 bits per heavy atom. The first-order chi connectivity index (χ1) is 12.1. The Hall–Kier alpha value is -2.04. The summed E-state index contributed by atoms with van der Waals surface area (Å²) in [7, 11) is 0. The summed E-state index contributed by atoms with van der Waals surface area (Å²) in [5.74, 6) is 1.52. The van der Waals surface area contributed by atoms with Crippen LogP contribution in [0.5, 0.6) is 5.75 Å². The Kier molecular flexibility index (Phi) is 5.95. The quantitative estimate of drug-likeness (QED) is 0.744. The fourth-order valence-electron chi connectivity index (χ4n) is 2.57. The number of hydrogen-bond acceptors (Lipinski definition) is 3. The SMILES string of the molecule is Cc1cc(OCc2cccc(Cl)c2)ccc1NC(=O)CNCC1CC1. The van der Waals surface area contributed by atoms with Gasteiger partial charge >= 0.3 is 0 Å². The van der Waals surface area contributed by atoms with Crippen LogP contribution in [0.25, 0.3) is 0 Å². The van der Waals surface area contributed by atoms with E-state index in [9.17, 15) is 4.79 Å². The molecule has 4 nitrogen and oxygen atoms in total. The number of amides is 1. The van der Waals surface area contributed by atoms with Gasteiger partial charge in [-0.05, 0) is 73.7 Å². The summed E-state index contributed by atoms with van der Waals surface area (Å²) >= 11 is 5.98. The highest BCUT2D eigenvalue weighted by molar-refractivity contribution is 6.30. The van der Waals surface area contributed by atoms with Crippen molar-refractivity contribution >= 4 is 23.2 Å². The molecule has 0 atom stereocenters. The van der Waals surface area contributed by atoms with Crippen molar-refractivity contribution in [3.63, 3.8) is 0 Å². The number of anilines is 1. The molecule has 3 rings (SSSR count). The maximum absolute atomic E-state index is 12.0. The predicted molar refractivity (Wildman–Crippen MR) is 101 cm³/mol. The molecule has 0 saturated heterocycles. The Bertz CT molecular complexity index is 744. The third-order valence-electron chi connectivity index (χ3n) is 4.18. The van der Waals surface area contributed by atoms with Gasteiger partial charge in [0.1, 0.15) is 12.4 Å². The van der Waals surface area contributed by atoms with Gasteiger partial charge in [0, 0.05) is 10.7 Å². The van der Waals surface area contributed by atoms with Gasteiger partial charge in [-0.3, -0.25) is 4.79 Å². The van der Waals surface area contributed by atoms with Gasteiger partial charge < -0.3 is 15.4 Å². The van der Waals surface area contributed by atoms with Crippen LogP contribution >= 0.6 is 11.6 Å². The van der Waals surface area contributed by atoms with Crippen molar-refractivity contribution in [1.29, 1.82) is 0 Å². The first kappa shape index (κ1) is 17.8. The highest BCUT2D eigenvalue weighted by Crippen LogP contribution is 2.27. The second kappa shape index (κ2) is 8.37. The van der Waals surface area contributed by atoms with Crippen LogP contribution < -0.4 is 15.4 Å². The van der Waals surface area contributed by atoms with E-state index in [0.29, 0.717) is 18.2 Å². The molecule has 1 aliphatic rings. The highest BCUT2D eigenvalue weighted by atomic mass is 35.5. The summed E-state index contributed by atoms with van der Waals surface area (Å²) in [5, 5.41) is 6.83. The third kappa shape index (κ3) is 5.76. The summed E-state index contributed by atoms with van der Waals surface area (Å²) < 4.78 is 5.80. The third-order valence-corrected chi connectivity index (χ3v) is 4.42. The zero-order valence-electron chi connectivity index (χ0n) is 14.3.